The van der Waals surface area contributed by atoms with Crippen molar-refractivity contribution < 1.29 is 21.7 Å². The maximum absolute atomic E-state index is 3.33. The molecule has 72 valence electrons. The fourth-order valence-electron chi connectivity index (χ4n) is 1.46. The SMILES string of the molecule is [Br-].c1cc[n+](N2CCNCC2)cc1. The third-order valence-electron chi connectivity index (χ3n) is 2.12. The Balaban J connectivity index is 0.000000845. The highest BCUT2D eigenvalue weighted by atomic mass is 79.9. The molecule has 4 heteroatoms. The first-order valence-electron chi connectivity index (χ1n) is 4.39. The summed E-state index contributed by atoms with van der Waals surface area (Å²) in [7, 11) is 0. The van der Waals surface area contributed by atoms with E-state index in [9.17, 15) is 0 Å². The van der Waals surface area contributed by atoms with Gasteiger partial charge in [-0.25, -0.2) is 0 Å². The highest BCUT2D eigenvalue weighted by Crippen LogP contribution is 1.84. The quantitative estimate of drug-likeness (QED) is 0.517. The summed E-state index contributed by atoms with van der Waals surface area (Å²) in [4.78, 5) is 0. The van der Waals surface area contributed by atoms with Crippen LogP contribution in [0, 0.1) is 0 Å². The minimum atomic E-state index is 0. The standard InChI is InChI=1S/C9H14N3.BrH/c1-2-6-11(7-3-1)12-8-4-10-5-9-12;/h1-3,6-7,10H,4-5,8-9H2;1H/q+1;/p-1. The van der Waals surface area contributed by atoms with Gasteiger partial charge in [-0.3, -0.25) is 0 Å². The van der Waals surface area contributed by atoms with Crippen molar-refractivity contribution in [3.8, 4) is 0 Å². The molecular formula is C9H14BrN3. The maximum atomic E-state index is 3.33. The first-order chi connectivity index (χ1) is 5.97. The van der Waals surface area contributed by atoms with Gasteiger partial charge in [-0.15, -0.1) is 0 Å². The molecule has 0 spiro atoms. The Morgan fingerprint density at radius 3 is 2.23 bits per heavy atom. The van der Waals surface area contributed by atoms with E-state index in [1.54, 1.807) is 0 Å². The van der Waals surface area contributed by atoms with Crippen LogP contribution in [-0.4, -0.2) is 26.2 Å². The summed E-state index contributed by atoms with van der Waals surface area (Å²) in [6.07, 6.45) is 4.18. The summed E-state index contributed by atoms with van der Waals surface area (Å²) in [5.41, 5.74) is 0. The van der Waals surface area contributed by atoms with Crippen LogP contribution in [0.15, 0.2) is 30.6 Å². The zero-order valence-corrected chi connectivity index (χ0v) is 9.07. The zero-order valence-electron chi connectivity index (χ0n) is 7.49. The maximum Gasteiger partial charge on any atom is 0.199 e. The second kappa shape index (κ2) is 5.19. The predicted octanol–water partition coefficient (Wildman–Crippen LogP) is -3.48. The van der Waals surface area contributed by atoms with Gasteiger partial charge in [0, 0.05) is 25.2 Å². The smallest absolute Gasteiger partial charge is 0.199 e. The van der Waals surface area contributed by atoms with Gasteiger partial charge in [-0.05, 0) is 0 Å². The first-order valence-corrected chi connectivity index (χ1v) is 4.39. The van der Waals surface area contributed by atoms with Crippen LogP contribution in [0.3, 0.4) is 0 Å². The normalized spacial score (nSPS) is 16.5. The average molecular weight is 244 g/mol. The van der Waals surface area contributed by atoms with E-state index in [4.69, 9.17) is 0 Å². The summed E-state index contributed by atoms with van der Waals surface area (Å²) in [5, 5.41) is 5.66. The molecule has 0 saturated carbocycles. The molecule has 0 atom stereocenters. The largest absolute Gasteiger partial charge is 1.00 e. The van der Waals surface area contributed by atoms with E-state index >= 15 is 0 Å². The van der Waals surface area contributed by atoms with Gasteiger partial charge in [-0.1, -0.05) is 10.7 Å². The van der Waals surface area contributed by atoms with Crippen molar-refractivity contribution in [1.82, 2.24) is 5.32 Å². The number of piperazine rings is 1. The number of hydrogen-bond donors (Lipinski definition) is 1. The van der Waals surface area contributed by atoms with Crippen LogP contribution in [0.1, 0.15) is 0 Å². The van der Waals surface area contributed by atoms with E-state index in [0.29, 0.717) is 0 Å². The van der Waals surface area contributed by atoms with Gasteiger partial charge in [0.25, 0.3) is 0 Å². The van der Waals surface area contributed by atoms with Crippen LogP contribution in [0.2, 0.25) is 0 Å². The summed E-state index contributed by atoms with van der Waals surface area (Å²) < 4.78 is 2.15. The van der Waals surface area contributed by atoms with E-state index < -0.39 is 0 Å². The molecule has 1 saturated heterocycles. The number of aromatic nitrogens is 1. The molecule has 2 heterocycles. The van der Waals surface area contributed by atoms with Crippen LogP contribution < -0.4 is 32.0 Å². The molecule has 1 fully saturated rings. The molecule has 0 unspecified atom stereocenters. The van der Waals surface area contributed by atoms with E-state index in [2.05, 4.69) is 39.5 Å². The number of nitrogens with one attached hydrogen (secondary N) is 1. The minimum absolute atomic E-state index is 0. The highest BCUT2D eigenvalue weighted by molar-refractivity contribution is 4.86. The van der Waals surface area contributed by atoms with Crippen LogP contribution in [0.4, 0.5) is 0 Å². The van der Waals surface area contributed by atoms with Crippen LogP contribution in [-0.2, 0) is 0 Å². The van der Waals surface area contributed by atoms with Gasteiger partial charge in [0.15, 0.2) is 12.4 Å². The number of hydrogen-bond acceptors (Lipinski definition) is 2. The Kier molecular flexibility index (Phi) is 4.18. The number of nitrogens with zero attached hydrogens (tertiary/aromatic N) is 2. The summed E-state index contributed by atoms with van der Waals surface area (Å²) in [5.74, 6) is 0. The van der Waals surface area contributed by atoms with Gasteiger partial charge < -0.3 is 22.3 Å². The molecule has 1 N–H and O–H groups in total. The molecule has 0 radical (unpaired) electrons. The van der Waals surface area contributed by atoms with Crippen molar-refractivity contribution in [1.29, 1.82) is 0 Å². The molecule has 0 amide bonds. The van der Waals surface area contributed by atoms with E-state index in [1.165, 1.54) is 0 Å². The Hall–Kier alpha value is -0.610. The molecule has 0 bridgehead atoms. The number of pyridine rings is 1. The predicted molar refractivity (Wildman–Crippen MR) is 47.5 cm³/mol. The van der Waals surface area contributed by atoms with Crippen molar-refractivity contribution >= 4 is 0 Å². The van der Waals surface area contributed by atoms with Gasteiger partial charge in [0.1, 0.15) is 0 Å². The van der Waals surface area contributed by atoms with Crippen LogP contribution >= 0.6 is 0 Å². The molecule has 0 aromatic carbocycles. The Morgan fingerprint density at radius 1 is 1.00 bits per heavy atom. The minimum Gasteiger partial charge on any atom is -1.00 e. The monoisotopic (exact) mass is 243 g/mol. The molecule has 13 heavy (non-hydrogen) atoms. The zero-order chi connectivity index (χ0) is 8.23. The second-order valence-corrected chi connectivity index (χ2v) is 2.96. The van der Waals surface area contributed by atoms with Crippen molar-refractivity contribution in [3.05, 3.63) is 30.6 Å². The molecule has 0 aliphatic carbocycles. The molecule has 3 nitrogen and oxygen atoms in total. The van der Waals surface area contributed by atoms with Crippen molar-refractivity contribution in [2.45, 2.75) is 0 Å². The summed E-state index contributed by atoms with van der Waals surface area (Å²) in [6, 6.07) is 6.16. The van der Waals surface area contributed by atoms with Gasteiger partial charge in [-0.2, -0.15) is 5.01 Å². The molecule has 1 aliphatic heterocycles. The Bertz CT molecular complexity index is 234. The summed E-state index contributed by atoms with van der Waals surface area (Å²) in [6.45, 7) is 4.35. The second-order valence-electron chi connectivity index (χ2n) is 2.96. The van der Waals surface area contributed by atoms with Crippen molar-refractivity contribution in [3.63, 3.8) is 0 Å². The lowest BCUT2D eigenvalue weighted by atomic mass is 10.4. The van der Waals surface area contributed by atoms with Gasteiger partial charge >= 0.3 is 0 Å². The molecule has 2 rings (SSSR count). The van der Waals surface area contributed by atoms with Gasteiger partial charge in [0.2, 0.25) is 0 Å². The first kappa shape index (κ1) is 10.5. The van der Waals surface area contributed by atoms with Crippen LogP contribution in [0.5, 0.6) is 0 Å². The Morgan fingerprint density at radius 2 is 1.62 bits per heavy atom. The molecule has 1 aromatic heterocycles. The van der Waals surface area contributed by atoms with E-state index in [0.717, 1.165) is 26.2 Å². The lowest BCUT2D eigenvalue weighted by Gasteiger charge is -2.22. The molecule has 1 aromatic rings. The lowest BCUT2D eigenvalue weighted by Crippen LogP contribution is -3.00. The molecular weight excluding hydrogens is 230 g/mol. The topological polar surface area (TPSA) is 19.1 Å². The summed E-state index contributed by atoms with van der Waals surface area (Å²) >= 11 is 0. The van der Waals surface area contributed by atoms with Gasteiger partial charge in [0.05, 0.1) is 13.1 Å². The fourth-order valence-corrected chi connectivity index (χ4v) is 1.46. The third-order valence-corrected chi connectivity index (χ3v) is 2.12. The molecule has 1 aliphatic rings. The fraction of sp³-hybridized carbons (Fsp3) is 0.444. The van der Waals surface area contributed by atoms with Crippen molar-refractivity contribution in [2.24, 2.45) is 0 Å². The number of rotatable bonds is 1. The highest BCUT2D eigenvalue weighted by Gasteiger charge is 2.14. The lowest BCUT2D eigenvalue weighted by molar-refractivity contribution is -0.694. The van der Waals surface area contributed by atoms with Crippen molar-refractivity contribution in [2.75, 3.05) is 31.2 Å². The third kappa shape index (κ3) is 2.67. The Labute approximate surface area is 89.1 Å². The average Bonchev–Trinajstić information content (AvgIpc) is 2.21. The van der Waals surface area contributed by atoms with E-state index in [-0.39, 0.29) is 17.0 Å². The van der Waals surface area contributed by atoms with Crippen LogP contribution in [0.25, 0.3) is 0 Å². The van der Waals surface area contributed by atoms with E-state index in [1.807, 2.05) is 6.07 Å². The number of halogens is 1.